The van der Waals surface area contributed by atoms with Gasteiger partial charge in [0, 0.05) is 12.1 Å². The standard InChI is InChI=1S/C8H16N2O6S2/c1-4-16-18(14,15)10-17(12,13)6-5-9-8(11)7(2)3/h10H,2,4-6H2,1,3H3,(H,9,11). The number of hydrogen-bond acceptors (Lipinski definition) is 6. The monoisotopic (exact) mass is 300 g/mol. The topological polar surface area (TPSA) is 119 Å². The fourth-order valence-electron chi connectivity index (χ4n) is 0.826. The Morgan fingerprint density at radius 1 is 1.28 bits per heavy atom. The molecule has 0 saturated carbocycles. The van der Waals surface area contributed by atoms with Crippen LogP contribution in [0.25, 0.3) is 0 Å². The van der Waals surface area contributed by atoms with Crippen LogP contribution in [-0.4, -0.2) is 41.6 Å². The number of sulfonamides is 1. The van der Waals surface area contributed by atoms with Crippen LogP contribution in [0.3, 0.4) is 0 Å². The highest BCUT2D eigenvalue weighted by atomic mass is 32.3. The van der Waals surface area contributed by atoms with Crippen LogP contribution >= 0.6 is 0 Å². The lowest BCUT2D eigenvalue weighted by Crippen LogP contribution is -2.38. The van der Waals surface area contributed by atoms with Crippen LogP contribution in [-0.2, 0) is 29.3 Å². The van der Waals surface area contributed by atoms with Crippen molar-refractivity contribution in [2.24, 2.45) is 0 Å². The molecule has 0 fully saturated rings. The van der Waals surface area contributed by atoms with Crippen molar-refractivity contribution in [2.45, 2.75) is 13.8 Å². The number of nitrogens with one attached hydrogen (secondary N) is 2. The van der Waals surface area contributed by atoms with Gasteiger partial charge in [0.05, 0.1) is 12.4 Å². The summed E-state index contributed by atoms with van der Waals surface area (Å²) in [5.74, 6) is -1.09. The summed E-state index contributed by atoms with van der Waals surface area (Å²) in [5, 5.41) is 2.26. The van der Waals surface area contributed by atoms with Crippen molar-refractivity contribution >= 4 is 26.2 Å². The molecule has 0 heterocycles. The van der Waals surface area contributed by atoms with Gasteiger partial charge in [0.25, 0.3) is 0 Å². The van der Waals surface area contributed by atoms with E-state index in [1.54, 1.807) is 0 Å². The molecule has 0 unspecified atom stereocenters. The average Bonchev–Trinajstić information content (AvgIpc) is 2.14. The van der Waals surface area contributed by atoms with Gasteiger partial charge in [0.15, 0.2) is 0 Å². The van der Waals surface area contributed by atoms with Crippen molar-refractivity contribution in [1.82, 2.24) is 9.44 Å². The molecule has 10 heteroatoms. The molecule has 2 N–H and O–H groups in total. The molecular weight excluding hydrogens is 284 g/mol. The van der Waals surface area contributed by atoms with E-state index < -0.39 is 32.0 Å². The lowest BCUT2D eigenvalue weighted by Gasteiger charge is -2.07. The van der Waals surface area contributed by atoms with E-state index >= 15 is 0 Å². The van der Waals surface area contributed by atoms with E-state index in [4.69, 9.17) is 0 Å². The van der Waals surface area contributed by atoms with Crippen molar-refractivity contribution in [1.29, 1.82) is 0 Å². The van der Waals surface area contributed by atoms with Gasteiger partial charge in [0.1, 0.15) is 0 Å². The number of rotatable bonds is 8. The minimum Gasteiger partial charge on any atom is -0.351 e. The quantitative estimate of drug-likeness (QED) is 0.548. The van der Waals surface area contributed by atoms with Crippen LogP contribution in [0.15, 0.2) is 12.2 Å². The maximum atomic E-state index is 11.3. The third-order valence-electron chi connectivity index (χ3n) is 1.55. The Balaban J connectivity index is 4.34. The first-order valence-corrected chi connectivity index (χ1v) is 8.00. The molecule has 0 radical (unpaired) electrons. The summed E-state index contributed by atoms with van der Waals surface area (Å²) in [6.45, 7) is 5.81. The molecule has 0 saturated heterocycles. The molecule has 0 aromatic heterocycles. The maximum absolute atomic E-state index is 11.3. The number of carbonyl (C=O) groups excluding carboxylic acids is 1. The van der Waals surface area contributed by atoms with E-state index in [1.807, 2.05) is 0 Å². The molecule has 1 amide bonds. The van der Waals surface area contributed by atoms with Crippen molar-refractivity contribution in [2.75, 3.05) is 18.9 Å². The fraction of sp³-hybridized carbons (Fsp3) is 0.625. The second kappa shape index (κ2) is 6.83. The summed E-state index contributed by atoms with van der Waals surface area (Å²) < 4.78 is 50.3. The first kappa shape index (κ1) is 17.0. The SMILES string of the molecule is C=C(C)C(=O)NCCS(=O)(=O)NS(=O)(=O)OCC. The van der Waals surface area contributed by atoms with Crippen LogP contribution < -0.4 is 9.44 Å². The molecule has 0 aliphatic heterocycles. The van der Waals surface area contributed by atoms with E-state index in [2.05, 4.69) is 16.1 Å². The van der Waals surface area contributed by atoms with Crippen molar-refractivity contribution in [3.63, 3.8) is 0 Å². The van der Waals surface area contributed by atoms with Gasteiger partial charge in [-0.3, -0.25) is 8.98 Å². The van der Waals surface area contributed by atoms with Gasteiger partial charge < -0.3 is 5.32 Å². The normalized spacial score (nSPS) is 12.1. The largest absolute Gasteiger partial charge is 0.351 e. The second-order valence-electron chi connectivity index (χ2n) is 3.30. The van der Waals surface area contributed by atoms with Crippen molar-refractivity contribution in [3.8, 4) is 0 Å². The summed E-state index contributed by atoms with van der Waals surface area (Å²) in [6, 6.07) is 0. The Bertz CT molecular complexity index is 508. The second-order valence-corrected chi connectivity index (χ2v) is 6.75. The highest BCUT2D eigenvalue weighted by Crippen LogP contribution is 1.93. The van der Waals surface area contributed by atoms with Gasteiger partial charge in [-0.05, 0) is 13.8 Å². The molecule has 106 valence electrons. The number of amides is 1. The Kier molecular flexibility index (Phi) is 6.46. The molecule has 0 aliphatic rings. The van der Waals surface area contributed by atoms with Gasteiger partial charge >= 0.3 is 10.3 Å². The van der Waals surface area contributed by atoms with Gasteiger partial charge in [0.2, 0.25) is 15.9 Å². The molecule has 0 rings (SSSR count). The average molecular weight is 300 g/mol. The fourth-order valence-corrected chi connectivity index (χ4v) is 3.28. The zero-order valence-electron chi connectivity index (χ0n) is 10.1. The van der Waals surface area contributed by atoms with E-state index in [-0.39, 0.29) is 18.7 Å². The predicted octanol–water partition coefficient (Wildman–Crippen LogP) is -1.12. The molecule has 0 bridgehead atoms. The zero-order chi connectivity index (χ0) is 14.4. The lowest BCUT2D eigenvalue weighted by atomic mass is 10.3. The molecule has 18 heavy (non-hydrogen) atoms. The van der Waals surface area contributed by atoms with Gasteiger partial charge in [-0.2, -0.15) is 8.42 Å². The van der Waals surface area contributed by atoms with E-state index in [0.29, 0.717) is 0 Å². The van der Waals surface area contributed by atoms with Crippen LogP contribution in [0.5, 0.6) is 0 Å². The van der Waals surface area contributed by atoms with Crippen LogP contribution in [0, 0.1) is 0 Å². The molecule has 0 aromatic rings. The minimum absolute atomic E-state index is 0.183. The Hall–Kier alpha value is -0.970. The molecule has 0 atom stereocenters. The number of carbonyl (C=O) groups is 1. The summed E-state index contributed by atoms with van der Waals surface area (Å²) >= 11 is 0. The van der Waals surface area contributed by atoms with Gasteiger partial charge in [-0.25, -0.2) is 8.42 Å². The molecule has 0 aliphatic carbocycles. The highest BCUT2D eigenvalue weighted by Gasteiger charge is 2.20. The first-order valence-electron chi connectivity index (χ1n) is 4.94. The molecule has 0 spiro atoms. The van der Waals surface area contributed by atoms with Crippen LogP contribution in [0.1, 0.15) is 13.8 Å². The lowest BCUT2D eigenvalue weighted by molar-refractivity contribution is -0.117. The van der Waals surface area contributed by atoms with Gasteiger partial charge in [-0.1, -0.05) is 10.7 Å². The smallest absolute Gasteiger partial charge is 0.349 e. The predicted molar refractivity (Wildman–Crippen MR) is 65.3 cm³/mol. The maximum Gasteiger partial charge on any atom is 0.349 e. The number of hydrogen-bond donors (Lipinski definition) is 2. The zero-order valence-corrected chi connectivity index (χ0v) is 11.7. The molecule has 8 nitrogen and oxygen atoms in total. The third kappa shape index (κ3) is 7.37. The molecular formula is C8H16N2O6S2. The first-order chi connectivity index (χ1) is 8.09. The Morgan fingerprint density at radius 3 is 2.28 bits per heavy atom. The van der Waals surface area contributed by atoms with Crippen molar-refractivity contribution < 1.29 is 25.8 Å². The summed E-state index contributed by atoms with van der Waals surface area (Å²) in [6.07, 6.45) is 0. The summed E-state index contributed by atoms with van der Waals surface area (Å²) in [5.41, 5.74) is 0.224. The third-order valence-corrected chi connectivity index (χ3v) is 4.67. The van der Waals surface area contributed by atoms with Crippen LogP contribution in [0.2, 0.25) is 0 Å². The van der Waals surface area contributed by atoms with E-state index in [0.717, 1.165) is 0 Å². The molecule has 0 aromatic carbocycles. The summed E-state index contributed by atoms with van der Waals surface area (Å²) in [7, 11) is -8.41. The Morgan fingerprint density at radius 2 is 1.83 bits per heavy atom. The summed E-state index contributed by atoms with van der Waals surface area (Å²) in [4.78, 5) is 11.0. The van der Waals surface area contributed by atoms with E-state index in [9.17, 15) is 21.6 Å². The van der Waals surface area contributed by atoms with Crippen LogP contribution in [0.4, 0.5) is 0 Å². The van der Waals surface area contributed by atoms with Crippen molar-refractivity contribution in [3.05, 3.63) is 12.2 Å². The minimum atomic E-state index is -4.32. The van der Waals surface area contributed by atoms with E-state index in [1.165, 1.54) is 18.0 Å². The Labute approximate surface area is 107 Å². The highest BCUT2D eigenvalue weighted by molar-refractivity contribution is 8.02. The van der Waals surface area contributed by atoms with Gasteiger partial charge in [-0.15, -0.1) is 0 Å².